The molecule has 1 aromatic carbocycles. The molecule has 4 N–H and O–H groups in total. The van der Waals surface area contributed by atoms with Gasteiger partial charge in [0.05, 0.1) is 16.4 Å². The molecule has 0 atom stereocenters. The number of hydrogen-bond acceptors (Lipinski definition) is 5. The van der Waals surface area contributed by atoms with Crippen LogP contribution in [0.2, 0.25) is 0 Å². The van der Waals surface area contributed by atoms with Crippen molar-refractivity contribution in [1.82, 2.24) is 10.5 Å². The number of rotatable bonds is 4. The third kappa shape index (κ3) is 3.09. The van der Waals surface area contributed by atoms with Crippen molar-refractivity contribution in [2.75, 3.05) is 6.26 Å². The number of hydrogen-bond donors (Lipinski definition) is 3. The Morgan fingerprint density at radius 2 is 1.95 bits per heavy atom. The molecule has 2 aromatic rings. The van der Waals surface area contributed by atoms with Crippen LogP contribution in [0.4, 0.5) is 4.39 Å². The van der Waals surface area contributed by atoms with Crippen molar-refractivity contribution in [1.29, 1.82) is 0 Å². The van der Waals surface area contributed by atoms with Crippen LogP contribution < -0.4 is 11.2 Å². The summed E-state index contributed by atoms with van der Waals surface area (Å²) in [6.45, 7) is 0. The summed E-state index contributed by atoms with van der Waals surface area (Å²) in [5.41, 5.74) is 10.1. The molecule has 0 fully saturated rings. The number of nitrogens with two attached hydrogens (primary N) is 1. The third-order valence-corrected chi connectivity index (χ3v) is 3.41. The van der Waals surface area contributed by atoms with Gasteiger partial charge in [-0.3, -0.25) is 10.7 Å². The highest BCUT2D eigenvalue weighted by Gasteiger charge is 2.09. The van der Waals surface area contributed by atoms with E-state index in [1.54, 1.807) is 12.3 Å². The Kier molecular flexibility index (Phi) is 4.60. The predicted octanol–water partition coefficient (Wildman–Crippen LogP) is 2.71. The Labute approximate surface area is 120 Å². The van der Waals surface area contributed by atoms with Gasteiger partial charge in [-0.25, -0.2) is 9.37 Å². The van der Waals surface area contributed by atoms with Crippen molar-refractivity contribution in [2.45, 2.75) is 5.03 Å². The fourth-order valence-corrected chi connectivity index (χ4v) is 2.14. The molecule has 0 amide bonds. The summed E-state index contributed by atoms with van der Waals surface area (Å²) >= 11 is 1.50. The van der Waals surface area contributed by atoms with Gasteiger partial charge in [-0.05, 0) is 42.7 Å². The van der Waals surface area contributed by atoms with E-state index < -0.39 is 0 Å². The lowest BCUT2D eigenvalue weighted by molar-refractivity contribution is 0.225. The van der Waals surface area contributed by atoms with Crippen LogP contribution in [0.1, 0.15) is 11.1 Å². The van der Waals surface area contributed by atoms with E-state index in [9.17, 15) is 9.60 Å². The molecule has 0 aliphatic carbocycles. The number of thioether (sulfide) groups is 1. The van der Waals surface area contributed by atoms with Crippen molar-refractivity contribution in [3.63, 3.8) is 0 Å². The number of nitrogens with zero attached hydrogens (tertiary/aromatic N) is 1. The number of hydroxylamine groups is 1. The van der Waals surface area contributed by atoms with Crippen molar-refractivity contribution in [2.24, 2.45) is 5.73 Å². The van der Waals surface area contributed by atoms with Gasteiger partial charge in [-0.2, -0.15) is 0 Å². The van der Waals surface area contributed by atoms with Crippen molar-refractivity contribution < 1.29 is 9.60 Å². The second-order valence-corrected chi connectivity index (χ2v) is 4.82. The molecule has 20 heavy (non-hydrogen) atoms. The first-order valence-corrected chi connectivity index (χ1v) is 7.04. The first kappa shape index (κ1) is 14.4. The van der Waals surface area contributed by atoms with Gasteiger partial charge in [0.2, 0.25) is 0 Å². The zero-order valence-electron chi connectivity index (χ0n) is 10.8. The lowest BCUT2D eigenvalue weighted by Crippen LogP contribution is -2.13. The van der Waals surface area contributed by atoms with Crippen molar-refractivity contribution >= 4 is 23.2 Å². The highest BCUT2D eigenvalue weighted by molar-refractivity contribution is 7.98. The second-order valence-electron chi connectivity index (χ2n) is 3.99. The van der Waals surface area contributed by atoms with E-state index in [2.05, 4.69) is 10.5 Å². The Morgan fingerprint density at radius 1 is 1.25 bits per heavy atom. The first-order valence-electron chi connectivity index (χ1n) is 5.82. The van der Waals surface area contributed by atoms with E-state index >= 15 is 0 Å². The minimum atomic E-state index is -0.349. The predicted molar refractivity (Wildman–Crippen MR) is 78.3 cm³/mol. The van der Waals surface area contributed by atoms with E-state index in [1.165, 1.54) is 36.0 Å². The normalized spacial score (nSPS) is 11.9. The monoisotopic (exact) mass is 291 g/mol. The molecule has 0 unspecified atom stereocenters. The van der Waals surface area contributed by atoms with E-state index in [-0.39, 0.29) is 5.82 Å². The SMILES string of the molecule is CSc1cc(/C(N)=C(/NO)c2ccc(F)cc2)ccn1. The highest BCUT2D eigenvalue weighted by Crippen LogP contribution is 2.22. The summed E-state index contributed by atoms with van der Waals surface area (Å²) in [6, 6.07) is 9.26. The molecule has 0 aliphatic rings. The maximum absolute atomic E-state index is 12.9. The van der Waals surface area contributed by atoms with E-state index in [1.807, 2.05) is 12.3 Å². The van der Waals surface area contributed by atoms with Gasteiger partial charge >= 0.3 is 0 Å². The average Bonchev–Trinajstić information content (AvgIpc) is 2.50. The number of nitrogens with one attached hydrogen (secondary N) is 1. The molecule has 0 radical (unpaired) electrons. The number of benzene rings is 1. The summed E-state index contributed by atoms with van der Waals surface area (Å²) in [4.78, 5) is 4.16. The summed E-state index contributed by atoms with van der Waals surface area (Å²) in [6.07, 6.45) is 3.56. The summed E-state index contributed by atoms with van der Waals surface area (Å²) in [5.74, 6) is -0.349. The Bertz CT molecular complexity index is 629. The number of aromatic nitrogens is 1. The van der Waals surface area contributed by atoms with Crippen molar-refractivity contribution in [3.05, 3.63) is 59.5 Å². The van der Waals surface area contributed by atoms with Gasteiger partial charge in [0.1, 0.15) is 5.82 Å². The molecule has 0 saturated heterocycles. The lowest BCUT2D eigenvalue weighted by atomic mass is 10.1. The molecule has 0 aliphatic heterocycles. The second kappa shape index (κ2) is 6.40. The van der Waals surface area contributed by atoms with Gasteiger partial charge < -0.3 is 5.73 Å². The first-order chi connectivity index (χ1) is 9.65. The lowest BCUT2D eigenvalue weighted by Gasteiger charge is -2.11. The van der Waals surface area contributed by atoms with E-state index in [4.69, 9.17) is 5.73 Å². The topological polar surface area (TPSA) is 71.2 Å². The fourth-order valence-electron chi connectivity index (χ4n) is 1.73. The van der Waals surface area contributed by atoms with Crippen LogP contribution in [-0.2, 0) is 0 Å². The van der Waals surface area contributed by atoms with Gasteiger partial charge in [-0.1, -0.05) is 0 Å². The average molecular weight is 291 g/mol. The molecule has 0 spiro atoms. The van der Waals surface area contributed by atoms with Crippen LogP contribution in [0.25, 0.3) is 11.4 Å². The molecule has 4 nitrogen and oxygen atoms in total. The maximum atomic E-state index is 12.9. The molecule has 1 heterocycles. The van der Waals surface area contributed by atoms with Crippen LogP contribution in [0.3, 0.4) is 0 Å². The largest absolute Gasteiger partial charge is 0.396 e. The number of pyridine rings is 1. The van der Waals surface area contributed by atoms with E-state index in [0.29, 0.717) is 17.0 Å². The van der Waals surface area contributed by atoms with Gasteiger partial charge in [0.15, 0.2) is 0 Å². The Balaban J connectivity index is 2.48. The standard InChI is InChI=1S/C14H14FN3OS/c1-20-12-8-10(6-7-17-12)13(16)14(18-19)9-2-4-11(15)5-3-9/h2-8,18-19H,16H2,1H3/b14-13-. The van der Waals surface area contributed by atoms with Crippen LogP contribution in [0, 0.1) is 5.82 Å². The molecular weight excluding hydrogens is 277 g/mol. The van der Waals surface area contributed by atoms with Crippen LogP contribution in [0.15, 0.2) is 47.6 Å². The van der Waals surface area contributed by atoms with Gasteiger partial charge in [0, 0.05) is 17.3 Å². The van der Waals surface area contributed by atoms with Crippen molar-refractivity contribution in [3.8, 4) is 0 Å². The smallest absolute Gasteiger partial charge is 0.123 e. The van der Waals surface area contributed by atoms with Gasteiger partial charge in [0.25, 0.3) is 0 Å². The molecule has 0 saturated carbocycles. The molecule has 0 bridgehead atoms. The maximum Gasteiger partial charge on any atom is 0.123 e. The highest BCUT2D eigenvalue weighted by atomic mass is 32.2. The Hall–Kier alpha value is -2.05. The molecule has 2 rings (SSSR count). The van der Waals surface area contributed by atoms with E-state index in [0.717, 1.165) is 10.6 Å². The fraction of sp³-hybridized carbons (Fsp3) is 0.0714. The molecule has 6 heteroatoms. The minimum Gasteiger partial charge on any atom is -0.396 e. The molecule has 104 valence electrons. The van der Waals surface area contributed by atoms with Crippen LogP contribution in [0.5, 0.6) is 0 Å². The minimum absolute atomic E-state index is 0.322. The van der Waals surface area contributed by atoms with Crippen LogP contribution >= 0.6 is 11.8 Å². The third-order valence-electron chi connectivity index (χ3n) is 2.77. The van der Waals surface area contributed by atoms with Crippen LogP contribution in [-0.4, -0.2) is 16.4 Å². The summed E-state index contributed by atoms with van der Waals surface area (Å²) in [7, 11) is 0. The number of halogens is 1. The van der Waals surface area contributed by atoms with Gasteiger partial charge in [-0.15, -0.1) is 11.8 Å². The quantitative estimate of drug-likeness (QED) is 0.597. The molecule has 1 aromatic heterocycles. The Morgan fingerprint density at radius 3 is 2.55 bits per heavy atom. The molecular formula is C14H14FN3OS. The zero-order chi connectivity index (χ0) is 14.5. The summed E-state index contributed by atoms with van der Waals surface area (Å²) < 4.78 is 12.9. The summed E-state index contributed by atoms with van der Waals surface area (Å²) in [5, 5.41) is 10.1. The zero-order valence-corrected chi connectivity index (χ0v) is 11.6.